The van der Waals surface area contributed by atoms with Gasteiger partial charge in [0.1, 0.15) is 0 Å². The molecule has 1 saturated heterocycles. The number of anilines is 1. The van der Waals surface area contributed by atoms with Crippen molar-refractivity contribution in [1.29, 1.82) is 0 Å². The SMILES string of the molecule is O=CC(N1CCN(c2ncccn2)CC1)n1nc(-c2ccccc2)cc1-c1ccccc1. The van der Waals surface area contributed by atoms with Crippen LogP contribution < -0.4 is 4.90 Å². The molecule has 0 saturated carbocycles. The summed E-state index contributed by atoms with van der Waals surface area (Å²) in [6.07, 6.45) is 4.01. The van der Waals surface area contributed by atoms with Crippen molar-refractivity contribution in [3.8, 4) is 22.5 Å². The normalized spacial score (nSPS) is 15.4. The molecular weight excluding hydrogens is 400 g/mol. The minimum atomic E-state index is -0.485. The van der Waals surface area contributed by atoms with Gasteiger partial charge in [-0.15, -0.1) is 0 Å². The predicted molar refractivity (Wildman–Crippen MR) is 124 cm³/mol. The summed E-state index contributed by atoms with van der Waals surface area (Å²) in [6.45, 7) is 2.94. The van der Waals surface area contributed by atoms with Crippen LogP contribution in [-0.4, -0.2) is 57.1 Å². The van der Waals surface area contributed by atoms with Gasteiger partial charge in [-0.05, 0) is 17.7 Å². The first-order chi connectivity index (χ1) is 15.8. The second-order valence-electron chi connectivity index (χ2n) is 7.71. The number of hydrogen-bond donors (Lipinski definition) is 0. The van der Waals surface area contributed by atoms with E-state index in [0.29, 0.717) is 0 Å². The molecule has 0 radical (unpaired) electrons. The molecule has 7 heteroatoms. The Hall–Kier alpha value is -3.84. The Morgan fingerprint density at radius 3 is 2.03 bits per heavy atom. The van der Waals surface area contributed by atoms with Crippen molar-refractivity contribution < 1.29 is 4.79 Å². The second kappa shape index (κ2) is 9.11. The Morgan fingerprint density at radius 2 is 1.41 bits per heavy atom. The topological polar surface area (TPSA) is 67.2 Å². The van der Waals surface area contributed by atoms with E-state index >= 15 is 0 Å². The lowest BCUT2D eigenvalue weighted by molar-refractivity contribution is -0.115. The number of carbonyl (C=O) groups is 1. The Labute approximate surface area is 187 Å². The summed E-state index contributed by atoms with van der Waals surface area (Å²) in [6, 6.07) is 24.0. The summed E-state index contributed by atoms with van der Waals surface area (Å²) in [5.74, 6) is 0.727. The molecule has 1 aliphatic rings. The standard InChI is InChI=1S/C25H24N6O/c32-19-24(29-14-16-30(17-15-29)25-26-12-7-13-27-25)31-23(21-10-5-2-6-11-21)18-22(28-31)20-8-3-1-4-9-20/h1-13,18-19,24H,14-17H2. The Bertz CT molecular complexity index is 1160. The van der Waals surface area contributed by atoms with Gasteiger partial charge < -0.3 is 4.90 Å². The monoisotopic (exact) mass is 424 g/mol. The summed E-state index contributed by atoms with van der Waals surface area (Å²) in [5.41, 5.74) is 3.84. The Balaban J connectivity index is 1.45. The summed E-state index contributed by atoms with van der Waals surface area (Å²) in [5, 5.41) is 4.89. The fraction of sp³-hybridized carbons (Fsp3) is 0.200. The van der Waals surface area contributed by atoms with E-state index in [9.17, 15) is 4.79 Å². The number of piperazine rings is 1. The minimum absolute atomic E-state index is 0.485. The highest BCUT2D eigenvalue weighted by Gasteiger charge is 2.28. The zero-order valence-corrected chi connectivity index (χ0v) is 17.7. The van der Waals surface area contributed by atoms with Gasteiger partial charge in [0.15, 0.2) is 12.5 Å². The zero-order valence-electron chi connectivity index (χ0n) is 17.7. The van der Waals surface area contributed by atoms with Gasteiger partial charge in [-0.1, -0.05) is 60.7 Å². The van der Waals surface area contributed by atoms with Crippen molar-refractivity contribution in [2.75, 3.05) is 31.1 Å². The van der Waals surface area contributed by atoms with Crippen LogP contribution in [0.25, 0.3) is 22.5 Å². The molecule has 3 heterocycles. The third-order valence-electron chi connectivity index (χ3n) is 5.77. The van der Waals surface area contributed by atoms with Crippen molar-refractivity contribution in [2.45, 2.75) is 6.17 Å². The van der Waals surface area contributed by atoms with Crippen molar-refractivity contribution in [1.82, 2.24) is 24.6 Å². The first kappa shape index (κ1) is 20.1. The smallest absolute Gasteiger partial charge is 0.225 e. The molecule has 0 amide bonds. The van der Waals surface area contributed by atoms with Crippen LogP contribution in [0.4, 0.5) is 5.95 Å². The van der Waals surface area contributed by atoms with Gasteiger partial charge in [0.2, 0.25) is 5.95 Å². The van der Waals surface area contributed by atoms with Crippen molar-refractivity contribution in [3.63, 3.8) is 0 Å². The van der Waals surface area contributed by atoms with Crippen LogP contribution in [0.3, 0.4) is 0 Å². The van der Waals surface area contributed by atoms with Gasteiger partial charge in [-0.2, -0.15) is 5.10 Å². The number of nitrogens with zero attached hydrogens (tertiary/aromatic N) is 6. The molecule has 0 aliphatic carbocycles. The molecule has 0 spiro atoms. The Morgan fingerprint density at radius 1 is 0.781 bits per heavy atom. The van der Waals surface area contributed by atoms with Crippen molar-refractivity contribution >= 4 is 12.2 Å². The fourth-order valence-corrected chi connectivity index (χ4v) is 4.11. The predicted octanol–water partition coefficient (Wildman–Crippen LogP) is 3.53. The maximum atomic E-state index is 12.3. The minimum Gasteiger partial charge on any atom is -0.338 e. The molecule has 1 aliphatic heterocycles. The fourth-order valence-electron chi connectivity index (χ4n) is 4.11. The van der Waals surface area contributed by atoms with E-state index in [2.05, 4.69) is 38.0 Å². The van der Waals surface area contributed by atoms with Gasteiger partial charge in [0.05, 0.1) is 11.4 Å². The van der Waals surface area contributed by atoms with Crippen LogP contribution in [0.15, 0.2) is 85.2 Å². The number of carbonyl (C=O) groups excluding carboxylic acids is 1. The zero-order chi connectivity index (χ0) is 21.8. The largest absolute Gasteiger partial charge is 0.338 e. The molecule has 1 fully saturated rings. The molecule has 0 bridgehead atoms. The van der Waals surface area contributed by atoms with Crippen molar-refractivity contribution in [3.05, 3.63) is 85.2 Å². The number of benzene rings is 2. The first-order valence-corrected chi connectivity index (χ1v) is 10.8. The van der Waals surface area contributed by atoms with Crippen LogP contribution in [0.5, 0.6) is 0 Å². The lowest BCUT2D eigenvalue weighted by Crippen LogP contribution is -2.50. The van der Waals surface area contributed by atoms with Crippen molar-refractivity contribution in [2.24, 2.45) is 0 Å². The average molecular weight is 425 g/mol. The van der Waals surface area contributed by atoms with Crippen LogP contribution in [0.2, 0.25) is 0 Å². The van der Waals surface area contributed by atoms with Crippen LogP contribution in [-0.2, 0) is 4.79 Å². The quantitative estimate of drug-likeness (QED) is 0.441. The third kappa shape index (κ3) is 4.02. The molecular formula is C25H24N6O. The Kier molecular flexibility index (Phi) is 5.72. The van der Waals surface area contributed by atoms with E-state index in [1.165, 1.54) is 0 Å². The average Bonchev–Trinajstić information content (AvgIpc) is 3.32. The molecule has 160 valence electrons. The lowest BCUT2D eigenvalue weighted by Gasteiger charge is -2.37. The summed E-state index contributed by atoms with van der Waals surface area (Å²) >= 11 is 0. The van der Waals surface area contributed by atoms with E-state index in [-0.39, 0.29) is 0 Å². The van der Waals surface area contributed by atoms with Gasteiger partial charge in [-0.25, -0.2) is 14.6 Å². The molecule has 0 N–H and O–H groups in total. The molecule has 5 rings (SSSR count). The van der Waals surface area contributed by atoms with E-state index in [1.807, 2.05) is 59.3 Å². The van der Waals surface area contributed by atoms with Crippen LogP contribution in [0.1, 0.15) is 6.17 Å². The van der Waals surface area contributed by atoms with Crippen LogP contribution >= 0.6 is 0 Å². The van der Waals surface area contributed by atoms with E-state index < -0.39 is 6.17 Å². The van der Waals surface area contributed by atoms with Gasteiger partial charge in [0.25, 0.3) is 0 Å². The summed E-state index contributed by atoms with van der Waals surface area (Å²) in [4.78, 5) is 25.4. The highest BCUT2D eigenvalue weighted by molar-refractivity contribution is 5.70. The molecule has 1 unspecified atom stereocenters. The van der Waals surface area contributed by atoms with Gasteiger partial charge in [-0.3, -0.25) is 9.69 Å². The molecule has 2 aromatic heterocycles. The second-order valence-corrected chi connectivity index (χ2v) is 7.71. The maximum absolute atomic E-state index is 12.3. The summed E-state index contributed by atoms with van der Waals surface area (Å²) < 4.78 is 1.86. The molecule has 2 aromatic carbocycles. The first-order valence-electron chi connectivity index (χ1n) is 10.8. The molecule has 32 heavy (non-hydrogen) atoms. The van der Waals surface area contributed by atoms with Gasteiger partial charge >= 0.3 is 0 Å². The number of hydrogen-bond acceptors (Lipinski definition) is 6. The lowest BCUT2D eigenvalue weighted by atomic mass is 10.1. The third-order valence-corrected chi connectivity index (χ3v) is 5.77. The number of aldehydes is 1. The van der Waals surface area contributed by atoms with E-state index in [4.69, 9.17) is 5.10 Å². The summed E-state index contributed by atoms with van der Waals surface area (Å²) in [7, 11) is 0. The number of aromatic nitrogens is 4. The van der Waals surface area contributed by atoms with E-state index in [0.717, 1.165) is 60.9 Å². The molecule has 7 nitrogen and oxygen atoms in total. The van der Waals surface area contributed by atoms with Gasteiger partial charge in [0, 0.05) is 44.1 Å². The highest BCUT2D eigenvalue weighted by atomic mass is 16.1. The maximum Gasteiger partial charge on any atom is 0.225 e. The van der Waals surface area contributed by atoms with E-state index in [1.54, 1.807) is 12.4 Å². The highest BCUT2D eigenvalue weighted by Crippen LogP contribution is 2.29. The molecule has 4 aromatic rings. The van der Waals surface area contributed by atoms with Crippen LogP contribution in [0, 0.1) is 0 Å². The number of rotatable bonds is 6. The molecule has 1 atom stereocenters.